The first-order valence-electron chi connectivity index (χ1n) is 10.4. The summed E-state index contributed by atoms with van der Waals surface area (Å²) in [6.07, 6.45) is 0.846. The first-order chi connectivity index (χ1) is 15.8. The van der Waals surface area contributed by atoms with Gasteiger partial charge in [-0.3, -0.25) is 4.79 Å². The van der Waals surface area contributed by atoms with E-state index < -0.39 is 15.8 Å². The average molecular weight is 529 g/mol. The Labute approximate surface area is 200 Å². The van der Waals surface area contributed by atoms with Gasteiger partial charge in [-0.2, -0.15) is 4.31 Å². The normalized spacial score (nSPS) is 11.9. The lowest BCUT2D eigenvalue weighted by Gasteiger charge is -2.22. The number of aryl methyl sites for hydroxylation is 1. The largest absolute Gasteiger partial charge is 0.322 e. The zero-order chi connectivity index (χ0) is 23.6. The zero-order valence-electron chi connectivity index (χ0n) is 17.9. The van der Waals surface area contributed by atoms with Crippen molar-refractivity contribution < 1.29 is 12.8 Å². The molecular weight excluding hydrogens is 507 g/mol. The second kappa shape index (κ2) is 9.59. The van der Waals surface area contributed by atoms with Crippen LogP contribution in [0.3, 0.4) is 0 Å². The van der Waals surface area contributed by atoms with Crippen LogP contribution in [0.15, 0.2) is 87.0 Å². The van der Waals surface area contributed by atoms with Gasteiger partial charge in [-0.05, 0) is 77.5 Å². The predicted octanol–water partition coefficient (Wildman–Crippen LogP) is 5.38. The van der Waals surface area contributed by atoms with Gasteiger partial charge in [-0.25, -0.2) is 12.8 Å². The number of nitrogens with one attached hydrogen (secondary N) is 1. The highest BCUT2D eigenvalue weighted by Gasteiger charge is 2.26. The zero-order valence-corrected chi connectivity index (χ0v) is 20.3. The summed E-state index contributed by atoms with van der Waals surface area (Å²) in [6, 6.07) is 19.5. The highest BCUT2D eigenvalue weighted by molar-refractivity contribution is 9.10. The molecule has 0 aliphatic carbocycles. The molecular formula is C25H22BrFN2O3S. The third kappa shape index (κ3) is 5.24. The van der Waals surface area contributed by atoms with Gasteiger partial charge in [-0.15, -0.1) is 0 Å². The smallest absolute Gasteiger partial charge is 0.252 e. The number of aromatic nitrogens is 1. The molecule has 4 aromatic rings. The lowest BCUT2D eigenvalue weighted by molar-refractivity contribution is 0.399. The number of benzene rings is 3. The van der Waals surface area contributed by atoms with E-state index in [1.165, 1.54) is 40.7 Å². The Hall–Kier alpha value is -2.81. The average Bonchev–Trinajstić information content (AvgIpc) is 2.80. The monoisotopic (exact) mass is 528 g/mol. The van der Waals surface area contributed by atoms with E-state index in [1.807, 2.05) is 25.1 Å². The quantitative estimate of drug-likeness (QED) is 0.350. The van der Waals surface area contributed by atoms with Crippen molar-refractivity contribution in [2.75, 3.05) is 0 Å². The fourth-order valence-corrected chi connectivity index (χ4v) is 5.27. The standard InChI is InChI=1S/C25H22BrFN2O3S/c1-2-17-5-12-24-19(13-17)14-20(25(30)28-24)16-29(15-18-3-8-22(27)9-4-18)33(31,32)23-10-6-21(26)7-11-23/h3-14H,2,15-16H2,1H3,(H,28,30). The first kappa shape index (κ1) is 23.4. The molecule has 0 unspecified atom stereocenters. The van der Waals surface area contributed by atoms with Crippen LogP contribution >= 0.6 is 15.9 Å². The van der Waals surface area contributed by atoms with Crippen molar-refractivity contribution in [1.82, 2.24) is 9.29 Å². The van der Waals surface area contributed by atoms with Gasteiger partial charge in [0, 0.05) is 28.6 Å². The molecule has 33 heavy (non-hydrogen) atoms. The maximum absolute atomic E-state index is 13.5. The lowest BCUT2D eigenvalue weighted by atomic mass is 10.1. The molecule has 0 radical (unpaired) electrons. The molecule has 4 rings (SSSR count). The molecule has 1 aromatic heterocycles. The van der Waals surface area contributed by atoms with Crippen molar-refractivity contribution in [3.05, 3.63) is 110 Å². The first-order valence-corrected chi connectivity index (χ1v) is 12.6. The number of sulfonamides is 1. The van der Waals surface area contributed by atoms with Crippen LogP contribution in [0.4, 0.5) is 4.39 Å². The summed E-state index contributed by atoms with van der Waals surface area (Å²) in [5, 5.41) is 0.840. The second-order valence-corrected chi connectivity index (χ2v) is 10.6. The molecule has 0 saturated heterocycles. The summed E-state index contributed by atoms with van der Waals surface area (Å²) in [5.41, 5.74) is 2.41. The molecule has 0 atom stereocenters. The van der Waals surface area contributed by atoms with Crippen LogP contribution in [-0.2, 0) is 29.5 Å². The lowest BCUT2D eigenvalue weighted by Crippen LogP contribution is -2.32. The predicted molar refractivity (Wildman–Crippen MR) is 131 cm³/mol. The number of hydrogen-bond acceptors (Lipinski definition) is 3. The van der Waals surface area contributed by atoms with Gasteiger partial charge in [0.25, 0.3) is 5.56 Å². The molecule has 1 heterocycles. The van der Waals surface area contributed by atoms with E-state index in [9.17, 15) is 17.6 Å². The molecule has 8 heteroatoms. The Morgan fingerprint density at radius 3 is 2.24 bits per heavy atom. The van der Waals surface area contributed by atoms with Crippen molar-refractivity contribution in [2.24, 2.45) is 0 Å². The number of aromatic amines is 1. The SMILES string of the molecule is CCc1ccc2[nH]c(=O)c(CN(Cc3ccc(F)cc3)S(=O)(=O)c3ccc(Br)cc3)cc2c1. The highest BCUT2D eigenvalue weighted by Crippen LogP contribution is 2.23. The van der Waals surface area contributed by atoms with Crippen molar-refractivity contribution >= 4 is 36.9 Å². The van der Waals surface area contributed by atoms with Crippen LogP contribution in [0.25, 0.3) is 10.9 Å². The van der Waals surface area contributed by atoms with E-state index in [0.29, 0.717) is 16.6 Å². The molecule has 0 fully saturated rings. The summed E-state index contributed by atoms with van der Waals surface area (Å²) < 4.78 is 42.4. The van der Waals surface area contributed by atoms with Crippen molar-refractivity contribution in [3.63, 3.8) is 0 Å². The molecule has 0 bridgehead atoms. The fourth-order valence-electron chi connectivity index (χ4n) is 3.60. The molecule has 0 aliphatic heterocycles. The van der Waals surface area contributed by atoms with Crippen LogP contribution in [-0.4, -0.2) is 17.7 Å². The summed E-state index contributed by atoms with van der Waals surface area (Å²) in [5.74, 6) is -0.404. The molecule has 0 spiro atoms. The van der Waals surface area contributed by atoms with Gasteiger partial charge in [0.05, 0.1) is 4.90 Å². The molecule has 5 nitrogen and oxygen atoms in total. The van der Waals surface area contributed by atoms with Gasteiger partial charge in [0.15, 0.2) is 0 Å². The van der Waals surface area contributed by atoms with Crippen LogP contribution in [0.1, 0.15) is 23.6 Å². The minimum atomic E-state index is -3.94. The number of rotatable bonds is 7. The van der Waals surface area contributed by atoms with E-state index in [0.717, 1.165) is 21.8 Å². The summed E-state index contributed by atoms with van der Waals surface area (Å²) in [4.78, 5) is 15.8. The Morgan fingerprint density at radius 1 is 0.909 bits per heavy atom. The highest BCUT2D eigenvalue weighted by atomic mass is 79.9. The summed E-state index contributed by atoms with van der Waals surface area (Å²) >= 11 is 3.32. The molecule has 0 aliphatic rings. The number of nitrogens with zero attached hydrogens (tertiary/aromatic N) is 1. The van der Waals surface area contributed by atoms with Gasteiger partial charge >= 0.3 is 0 Å². The van der Waals surface area contributed by atoms with E-state index in [2.05, 4.69) is 20.9 Å². The topological polar surface area (TPSA) is 70.2 Å². The number of fused-ring (bicyclic) bond motifs is 1. The number of halogens is 2. The van der Waals surface area contributed by atoms with Crippen LogP contribution in [0.5, 0.6) is 0 Å². The van der Waals surface area contributed by atoms with E-state index >= 15 is 0 Å². The summed E-state index contributed by atoms with van der Waals surface area (Å²) in [7, 11) is -3.94. The minimum absolute atomic E-state index is 0.00878. The van der Waals surface area contributed by atoms with Gasteiger partial charge in [0.1, 0.15) is 5.82 Å². The molecule has 170 valence electrons. The van der Waals surface area contributed by atoms with Crippen LogP contribution < -0.4 is 5.56 Å². The van der Waals surface area contributed by atoms with Crippen LogP contribution in [0, 0.1) is 5.82 Å². The second-order valence-electron chi connectivity index (χ2n) is 7.75. The maximum Gasteiger partial charge on any atom is 0.252 e. The third-order valence-electron chi connectivity index (χ3n) is 5.46. The van der Waals surface area contributed by atoms with E-state index in [-0.39, 0.29) is 23.5 Å². The Balaban J connectivity index is 1.77. The minimum Gasteiger partial charge on any atom is -0.322 e. The third-order valence-corrected chi connectivity index (χ3v) is 7.80. The molecule has 0 amide bonds. The maximum atomic E-state index is 13.5. The number of pyridine rings is 1. The van der Waals surface area contributed by atoms with Gasteiger partial charge in [-0.1, -0.05) is 41.1 Å². The fraction of sp³-hybridized carbons (Fsp3) is 0.160. The Kier molecular flexibility index (Phi) is 6.78. The molecule has 0 saturated carbocycles. The van der Waals surface area contributed by atoms with Crippen molar-refractivity contribution in [2.45, 2.75) is 31.3 Å². The van der Waals surface area contributed by atoms with Crippen LogP contribution in [0.2, 0.25) is 0 Å². The van der Waals surface area contributed by atoms with Gasteiger partial charge < -0.3 is 4.98 Å². The van der Waals surface area contributed by atoms with Gasteiger partial charge in [0.2, 0.25) is 10.0 Å². The van der Waals surface area contributed by atoms with E-state index in [4.69, 9.17) is 0 Å². The van der Waals surface area contributed by atoms with Crippen molar-refractivity contribution in [3.8, 4) is 0 Å². The Bertz CT molecular complexity index is 1450. The van der Waals surface area contributed by atoms with Crippen molar-refractivity contribution in [1.29, 1.82) is 0 Å². The summed E-state index contributed by atoms with van der Waals surface area (Å²) in [6.45, 7) is 1.91. The Morgan fingerprint density at radius 2 is 1.58 bits per heavy atom. The molecule has 1 N–H and O–H groups in total. The molecule has 3 aromatic carbocycles. The van der Waals surface area contributed by atoms with E-state index in [1.54, 1.807) is 18.2 Å². The number of H-pyrrole nitrogens is 1. The number of hydrogen-bond donors (Lipinski definition) is 1.